The van der Waals surface area contributed by atoms with Gasteiger partial charge in [0.2, 0.25) is 5.91 Å². The Morgan fingerprint density at radius 1 is 1.14 bits per heavy atom. The van der Waals surface area contributed by atoms with Crippen molar-refractivity contribution in [2.45, 2.75) is 6.92 Å². The van der Waals surface area contributed by atoms with Gasteiger partial charge in [-0.05, 0) is 24.3 Å². The largest absolute Gasteiger partial charge is 0.326 e. The number of hydrogen-bond donors (Lipinski definition) is 1. The quantitative estimate of drug-likeness (QED) is 0.769. The van der Waals surface area contributed by atoms with Gasteiger partial charge >= 0.3 is 0 Å². The van der Waals surface area contributed by atoms with E-state index in [-0.39, 0.29) is 11.7 Å². The Kier molecular flexibility index (Phi) is 3.98. The van der Waals surface area contributed by atoms with Crippen LogP contribution in [0.25, 0.3) is 21.8 Å². The Morgan fingerprint density at radius 3 is 2.59 bits per heavy atom. The predicted molar refractivity (Wildman–Crippen MR) is 87.2 cm³/mol. The topological polar surface area (TPSA) is 42.0 Å². The SMILES string of the molecule is CC(=O)Nc1ccc(-c2csc(-c3cccc(F)c3)n2)cc1. The van der Waals surface area contributed by atoms with Crippen LogP contribution in [-0.4, -0.2) is 10.9 Å². The number of amides is 1. The summed E-state index contributed by atoms with van der Waals surface area (Å²) in [5.41, 5.74) is 3.30. The molecule has 0 bridgehead atoms. The summed E-state index contributed by atoms with van der Waals surface area (Å²) in [6.07, 6.45) is 0. The standard InChI is InChI=1S/C17H13FN2OS/c1-11(21)19-15-7-5-12(6-8-15)16-10-22-17(20-16)13-3-2-4-14(18)9-13/h2-10H,1H3,(H,19,21). The van der Waals surface area contributed by atoms with Gasteiger partial charge in [-0.15, -0.1) is 11.3 Å². The van der Waals surface area contributed by atoms with Gasteiger partial charge in [0.05, 0.1) is 5.69 Å². The van der Waals surface area contributed by atoms with Crippen molar-refractivity contribution >= 4 is 22.9 Å². The number of thiazole rings is 1. The average Bonchev–Trinajstić information content (AvgIpc) is 2.97. The predicted octanol–water partition coefficient (Wildman–Crippen LogP) is 4.57. The van der Waals surface area contributed by atoms with Crippen LogP contribution in [0, 0.1) is 5.82 Å². The lowest BCUT2D eigenvalue weighted by Crippen LogP contribution is -2.05. The van der Waals surface area contributed by atoms with Crippen molar-refractivity contribution in [3.8, 4) is 21.8 Å². The third-order valence-electron chi connectivity index (χ3n) is 3.08. The number of halogens is 1. The molecule has 1 N–H and O–H groups in total. The van der Waals surface area contributed by atoms with Gasteiger partial charge in [-0.25, -0.2) is 9.37 Å². The first kappa shape index (κ1) is 14.4. The Hall–Kier alpha value is -2.53. The maximum Gasteiger partial charge on any atom is 0.221 e. The van der Waals surface area contributed by atoms with E-state index in [4.69, 9.17) is 0 Å². The second-order valence-electron chi connectivity index (χ2n) is 4.81. The average molecular weight is 312 g/mol. The summed E-state index contributed by atoms with van der Waals surface area (Å²) >= 11 is 1.47. The van der Waals surface area contributed by atoms with E-state index in [1.54, 1.807) is 6.07 Å². The van der Waals surface area contributed by atoms with E-state index < -0.39 is 0 Å². The Labute approximate surface area is 131 Å². The van der Waals surface area contributed by atoms with Gasteiger partial charge in [0.25, 0.3) is 0 Å². The molecule has 1 heterocycles. The highest BCUT2D eigenvalue weighted by molar-refractivity contribution is 7.13. The maximum atomic E-state index is 13.3. The van der Waals surface area contributed by atoms with Gasteiger partial charge in [-0.2, -0.15) is 0 Å². The van der Waals surface area contributed by atoms with Crippen molar-refractivity contribution in [2.75, 3.05) is 5.32 Å². The molecular weight excluding hydrogens is 299 g/mol. The summed E-state index contributed by atoms with van der Waals surface area (Å²) in [5, 5.41) is 5.44. The van der Waals surface area contributed by atoms with Crippen LogP contribution < -0.4 is 5.32 Å². The molecular formula is C17H13FN2OS. The lowest BCUT2D eigenvalue weighted by atomic mass is 10.1. The summed E-state index contributed by atoms with van der Waals surface area (Å²) in [5.74, 6) is -0.372. The fourth-order valence-corrected chi connectivity index (χ4v) is 2.91. The number of rotatable bonds is 3. The maximum absolute atomic E-state index is 13.3. The smallest absolute Gasteiger partial charge is 0.221 e. The van der Waals surface area contributed by atoms with Crippen LogP contribution in [0.15, 0.2) is 53.9 Å². The van der Waals surface area contributed by atoms with E-state index in [2.05, 4.69) is 10.3 Å². The zero-order valence-electron chi connectivity index (χ0n) is 11.8. The summed E-state index contributed by atoms with van der Waals surface area (Å²) in [6, 6.07) is 13.9. The first-order valence-electron chi connectivity index (χ1n) is 6.71. The number of hydrogen-bond acceptors (Lipinski definition) is 3. The van der Waals surface area contributed by atoms with Crippen molar-refractivity contribution in [3.05, 3.63) is 59.7 Å². The number of anilines is 1. The highest BCUT2D eigenvalue weighted by Gasteiger charge is 2.07. The van der Waals surface area contributed by atoms with E-state index in [1.807, 2.05) is 35.7 Å². The lowest BCUT2D eigenvalue weighted by molar-refractivity contribution is -0.114. The zero-order chi connectivity index (χ0) is 15.5. The van der Waals surface area contributed by atoms with Crippen molar-refractivity contribution in [3.63, 3.8) is 0 Å². The van der Waals surface area contributed by atoms with Gasteiger partial charge < -0.3 is 5.32 Å². The minimum Gasteiger partial charge on any atom is -0.326 e. The second-order valence-corrected chi connectivity index (χ2v) is 5.66. The molecule has 0 aliphatic heterocycles. The fraction of sp³-hybridized carbons (Fsp3) is 0.0588. The normalized spacial score (nSPS) is 10.5. The molecule has 110 valence electrons. The first-order valence-corrected chi connectivity index (χ1v) is 7.59. The molecule has 2 aromatic carbocycles. The van der Waals surface area contributed by atoms with E-state index in [1.165, 1.54) is 30.4 Å². The Balaban J connectivity index is 1.86. The molecule has 3 nitrogen and oxygen atoms in total. The summed E-state index contributed by atoms with van der Waals surface area (Å²) in [7, 11) is 0. The third kappa shape index (κ3) is 3.20. The van der Waals surface area contributed by atoms with Crippen LogP contribution in [0.5, 0.6) is 0 Å². The third-order valence-corrected chi connectivity index (χ3v) is 3.97. The number of carbonyl (C=O) groups is 1. The molecule has 1 amide bonds. The molecule has 0 unspecified atom stereocenters. The van der Waals surface area contributed by atoms with Gasteiger partial charge in [0, 0.05) is 29.1 Å². The molecule has 3 rings (SSSR count). The molecule has 0 atom stereocenters. The van der Waals surface area contributed by atoms with Crippen molar-refractivity contribution < 1.29 is 9.18 Å². The molecule has 0 saturated carbocycles. The minimum absolute atomic E-state index is 0.102. The molecule has 0 aliphatic rings. The van der Waals surface area contributed by atoms with Crippen LogP contribution in [-0.2, 0) is 4.79 Å². The van der Waals surface area contributed by atoms with Gasteiger partial charge in [-0.3, -0.25) is 4.79 Å². The molecule has 0 spiro atoms. The molecule has 22 heavy (non-hydrogen) atoms. The van der Waals surface area contributed by atoms with Crippen molar-refractivity contribution in [1.29, 1.82) is 0 Å². The highest BCUT2D eigenvalue weighted by atomic mass is 32.1. The molecule has 0 aliphatic carbocycles. The van der Waals surface area contributed by atoms with Crippen molar-refractivity contribution in [1.82, 2.24) is 4.98 Å². The van der Waals surface area contributed by atoms with Crippen LogP contribution in [0.4, 0.5) is 10.1 Å². The van der Waals surface area contributed by atoms with Crippen LogP contribution in [0.3, 0.4) is 0 Å². The molecule has 5 heteroatoms. The van der Waals surface area contributed by atoms with Crippen molar-refractivity contribution in [2.24, 2.45) is 0 Å². The van der Waals surface area contributed by atoms with E-state index in [0.717, 1.165) is 27.5 Å². The zero-order valence-corrected chi connectivity index (χ0v) is 12.7. The van der Waals surface area contributed by atoms with Crippen LogP contribution >= 0.6 is 11.3 Å². The van der Waals surface area contributed by atoms with E-state index in [0.29, 0.717) is 0 Å². The molecule has 1 aromatic heterocycles. The highest BCUT2D eigenvalue weighted by Crippen LogP contribution is 2.29. The number of nitrogens with zero attached hydrogens (tertiary/aromatic N) is 1. The van der Waals surface area contributed by atoms with Gasteiger partial charge in [0.1, 0.15) is 10.8 Å². The Bertz CT molecular complexity index is 812. The van der Waals surface area contributed by atoms with E-state index >= 15 is 0 Å². The molecule has 0 saturated heterocycles. The second kappa shape index (κ2) is 6.07. The number of aromatic nitrogens is 1. The first-order chi connectivity index (χ1) is 10.6. The van der Waals surface area contributed by atoms with Crippen LogP contribution in [0.2, 0.25) is 0 Å². The fourth-order valence-electron chi connectivity index (χ4n) is 2.09. The number of carbonyl (C=O) groups excluding carboxylic acids is 1. The van der Waals surface area contributed by atoms with Gasteiger partial charge in [-0.1, -0.05) is 24.3 Å². The summed E-state index contributed by atoms with van der Waals surface area (Å²) < 4.78 is 13.3. The monoisotopic (exact) mass is 312 g/mol. The number of benzene rings is 2. The molecule has 3 aromatic rings. The van der Waals surface area contributed by atoms with Crippen LogP contribution in [0.1, 0.15) is 6.92 Å². The lowest BCUT2D eigenvalue weighted by Gasteiger charge is -2.02. The minimum atomic E-state index is -0.270. The summed E-state index contributed by atoms with van der Waals surface area (Å²) in [6.45, 7) is 1.47. The summed E-state index contributed by atoms with van der Waals surface area (Å²) in [4.78, 5) is 15.6. The Morgan fingerprint density at radius 2 is 1.91 bits per heavy atom. The molecule has 0 radical (unpaired) electrons. The van der Waals surface area contributed by atoms with E-state index in [9.17, 15) is 9.18 Å². The number of nitrogens with one attached hydrogen (secondary N) is 1. The van der Waals surface area contributed by atoms with Gasteiger partial charge in [0.15, 0.2) is 0 Å². The molecule has 0 fully saturated rings.